The van der Waals surface area contributed by atoms with E-state index in [1.165, 1.54) is 0 Å². The summed E-state index contributed by atoms with van der Waals surface area (Å²) in [4.78, 5) is 4.68. The van der Waals surface area contributed by atoms with Crippen LogP contribution in [-0.2, 0) is 13.0 Å². The second-order valence-electron chi connectivity index (χ2n) is 4.03. The van der Waals surface area contributed by atoms with Crippen molar-refractivity contribution in [3.05, 3.63) is 54.7 Å². The van der Waals surface area contributed by atoms with Gasteiger partial charge in [0, 0.05) is 30.5 Å². The molecular formula is C13H12FN3. The Labute approximate surface area is 98.1 Å². The van der Waals surface area contributed by atoms with Crippen LogP contribution in [0.5, 0.6) is 0 Å². The van der Waals surface area contributed by atoms with Crippen LogP contribution in [0.3, 0.4) is 0 Å². The molecule has 0 aliphatic rings. The number of benzene rings is 1. The van der Waals surface area contributed by atoms with E-state index in [2.05, 4.69) is 4.98 Å². The Balaban J connectivity index is 1.90. The quantitative estimate of drug-likeness (QED) is 0.677. The molecule has 17 heavy (non-hydrogen) atoms. The van der Waals surface area contributed by atoms with E-state index in [4.69, 9.17) is 0 Å². The van der Waals surface area contributed by atoms with Crippen molar-refractivity contribution in [2.24, 2.45) is 0 Å². The summed E-state index contributed by atoms with van der Waals surface area (Å²) in [5, 5.41) is 0.982. The highest BCUT2D eigenvalue weighted by Crippen LogP contribution is 2.21. The number of rotatable bonds is 3. The van der Waals surface area contributed by atoms with E-state index in [1.54, 1.807) is 24.8 Å². The topological polar surface area (TPSA) is 22.8 Å². The van der Waals surface area contributed by atoms with E-state index in [9.17, 15) is 4.48 Å². The monoisotopic (exact) mass is 229 g/mol. The van der Waals surface area contributed by atoms with Crippen molar-refractivity contribution in [2.75, 3.05) is 0 Å². The summed E-state index contributed by atoms with van der Waals surface area (Å²) < 4.78 is 15.6. The number of halogens is 1. The number of nitrogens with zero attached hydrogens (tertiary/aromatic N) is 3. The van der Waals surface area contributed by atoms with Gasteiger partial charge in [-0.15, -0.1) is 0 Å². The lowest BCUT2D eigenvalue weighted by Gasteiger charge is -2.00. The third kappa shape index (κ3) is 1.82. The van der Waals surface area contributed by atoms with Gasteiger partial charge in [0.25, 0.3) is 0 Å². The smallest absolute Gasteiger partial charge is 0.0946 e. The number of aryl methyl sites for hydroxylation is 2. The van der Waals surface area contributed by atoms with Crippen molar-refractivity contribution < 1.29 is 4.48 Å². The van der Waals surface area contributed by atoms with Crippen molar-refractivity contribution in [1.29, 1.82) is 0 Å². The minimum atomic E-state index is 0.633. The van der Waals surface area contributed by atoms with E-state index < -0.39 is 0 Å². The molecule has 0 atom stereocenters. The highest BCUT2D eigenvalue weighted by molar-refractivity contribution is 5.83. The van der Waals surface area contributed by atoms with Crippen LogP contribution in [0.4, 0.5) is 4.48 Å². The first-order chi connectivity index (χ1) is 8.34. The first kappa shape index (κ1) is 10.1. The van der Waals surface area contributed by atoms with Gasteiger partial charge < -0.3 is 4.57 Å². The van der Waals surface area contributed by atoms with Gasteiger partial charge >= 0.3 is 0 Å². The zero-order valence-electron chi connectivity index (χ0n) is 9.25. The maximum absolute atomic E-state index is 13.6. The molecule has 2 aromatic heterocycles. The lowest BCUT2D eigenvalue weighted by atomic mass is 10.1. The van der Waals surface area contributed by atoms with Gasteiger partial charge in [0.2, 0.25) is 0 Å². The number of fused-ring (bicyclic) bond motifs is 1. The van der Waals surface area contributed by atoms with E-state index in [1.807, 2.05) is 29.0 Å². The third-order valence-electron chi connectivity index (χ3n) is 2.95. The van der Waals surface area contributed by atoms with E-state index in [0.717, 1.165) is 23.9 Å². The highest BCUT2D eigenvalue weighted by Gasteiger charge is 2.07. The van der Waals surface area contributed by atoms with Crippen LogP contribution in [-0.4, -0.2) is 14.3 Å². The Morgan fingerprint density at radius 2 is 2.12 bits per heavy atom. The van der Waals surface area contributed by atoms with E-state index in [0.29, 0.717) is 10.3 Å². The third-order valence-corrected chi connectivity index (χ3v) is 2.95. The van der Waals surface area contributed by atoms with Crippen LogP contribution < -0.4 is 0 Å². The van der Waals surface area contributed by atoms with Crippen LogP contribution in [0.1, 0.15) is 5.56 Å². The maximum Gasteiger partial charge on any atom is 0.0946 e. The Kier molecular flexibility index (Phi) is 2.40. The predicted octanol–water partition coefficient (Wildman–Crippen LogP) is 2.81. The number of hydrogen-bond donors (Lipinski definition) is 0. The molecule has 3 rings (SSSR count). The number of para-hydroxylation sites is 1. The molecule has 0 spiro atoms. The molecular weight excluding hydrogens is 217 g/mol. The van der Waals surface area contributed by atoms with Crippen LogP contribution in [0, 0.1) is 0 Å². The van der Waals surface area contributed by atoms with Gasteiger partial charge in [-0.2, -0.15) is 4.79 Å². The molecule has 0 unspecified atom stereocenters. The molecule has 0 bridgehead atoms. The van der Waals surface area contributed by atoms with Crippen molar-refractivity contribution in [3.8, 4) is 0 Å². The molecule has 2 heterocycles. The fourth-order valence-corrected chi connectivity index (χ4v) is 2.08. The fourth-order valence-electron chi connectivity index (χ4n) is 2.08. The predicted molar refractivity (Wildman–Crippen MR) is 64.4 cm³/mol. The Hall–Kier alpha value is -2.10. The standard InChI is InChI=1S/C13H12FN3/c14-17-9-11(5-7-16-8-6-15-10-16)12-3-1-2-4-13(12)17/h1-4,6,8-10H,5,7H2. The summed E-state index contributed by atoms with van der Waals surface area (Å²) >= 11 is 0. The van der Waals surface area contributed by atoms with Crippen molar-refractivity contribution in [3.63, 3.8) is 0 Å². The molecule has 0 amide bonds. The molecule has 3 aromatic rings. The highest BCUT2D eigenvalue weighted by atomic mass is 19.2. The normalized spacial score (nSPS) is 11.1. The van der Waals surface area contributed by atoms with Gasteiger partial charge in [0.05, 0.1) is 11.8 Å². The van der Waals surface area contributed by atoms with E-state index >= 15 is 0 Å². The van der Waals surface area contributed by atoms with Crippen LogP contribution >= 0.6 is 0 Å². The lowest BCUT2D eigenvalue weighted by molar-refractivity contribution is 0.387. The molecule has 3 nitrogen and oxygen atoms in total. The van der Waals surface area contributed by atoms with Crippen molar-refractivity contribution in [2.45, 2.75) is 13.0 Å². The first-order valence-electron chi connectivity index (χ1n) is 5.55. The van der Waals surface area contributed by atoms with Crippen LogP contribution in [0.2, 0.25) is 0 Å². The molecule has 86 valence electrons. The molecule has 4 heteroatoms. The van der Waals surface area contributed by atoms with Crippen LogP contribution in [0.25, 0.3) is 10.9 Å². The maximum atomic E-state index is 13.6. The van der Waals surface area contributed by atoms with Gasteiger partial charge in [0.1, 0.15) is 0 Å². The summed E-state index contributed by atoms with van der Waals surface area (Å²) in [5.41, 5.74) is 1.66. The minimum Gasteiger partial charge on any atom is -0.337 e. The van der Waals surface area contributed by atoms with Gasteiger partial charge in [-0.25, -0.2) is 4.98 Å². The zero-order valence-corrected chi connectivity index (χ0v) is 9.25. The average Bonchev–Trinajstić information content (AvgIpc) is 2.96. The molecule has 0 aliphatic carbocycles. The fraction of sp³-hybridized carbons (Fsp3) is 0.154. The van der Waals surface area contributed by atoms with Gasteiger partial charge in [-0.3, -0.25) is 0 Å². The lowest BCUT2D eigenvalue weighted by Crippen LogP contribution is -1.97. The van der Waals surface area contributed by atoms with Gasteiger partial charge in [-0.05, 0) is 18.1 Å². The summed E-state index contributed by atoms with van der Waals surface area (Å²) in [6, 6.07) is 7.52. The molecule has 0 N–H and O–H groups in total. The zero-order chi connectivity index (χ0) is 11.7. The molecule has 0 fully saturated rings. The number of hydrogen-bond acceptors (Lipinski definition) is 1. The summed E-state index contributed by atoms with van der Waals surface area (Å²) in [5.74, 6) is 0. The van der Waals surface area contributed by atoms with Crippen LogP contribution in [0.15, 0.2) is 49.2 Å². The first-order valence-corrected chi connectivity index (χ1v) is 5.55. The Morgan fingerprint density at radius 1 is 1.24 bits per heavy atom. The average molecular weight is 229 g/mol. The second kappa shape index (κ2) is 4.05. The van der Waals surface area contributed by atoms with Crippen molar-refractivity contribution >= 4 is 10.9 Å². The minimum absolute atomic E-state index is 0.633. The summed E-state index contributed by atoms with van der Waals surface area (Å²) in [6.07, 6.45) is 7.79. The molecule has 1 aromatic carbocycles. The number of aromatic nitrogens is 3. The SMILES string of the molecule is Fn1cc(CCn2ccnc2)c2ccccc21. The summed E-state index contributed by atoms with van der Waals surface area (Å²) in [7, 11) is 0. The molecule has 0 radical (unpaired) electrons. The second-order valence-corrected chi connectivity index (χ2v) is 4.03. The van der Waals surface area contributed by atoms with E-state index in [-0.39, 0.29) is 0 Å². The Morgan fingerprint density at radius 3 is 2.94 bits per heavy atom. The molecule has 0 aliphatic heterocycles. The molecule has 0 saturated heterocycles. The molecule has 0 saturated carbocycles. The largest absolute Gasteiger partial charge is 0.337 e. The number of imidazole rings is 1. The Bertz CT molecular complexity index is 625. The van der Waals surface area contributed by atoms with Gasteiger partial charge in [0.15, 0.2) is 0 Å². The summed E-state index contributed by atoms with van der Waals surface area (Å²) in [6.45, 7) is 0.813. The van der Waals surface area contributed by atoms with Crippen molar-refractivity contribution in [1.82, 2.24) is 14.3 Å². The van der Waals surface area contributed by atoms with Gasteiger partial charge in [-0.1, -0.05) is 22.7 Å².